The summed E-state index contributed by atoms with van der Waals surface area (Å²) in [5, 5.41) is 4.26. The molecule has 10 nitrogen and oxygen atoms in total. The van der Waals surface area contributed by atoms with Gasteiger partial charge >= 0.3 is 5.97 Å². The summed E-state index contributed by atoms with van der Waals surface area (Å²) < 4.78 is 35.1. The van der Waals surface area contributed by atoms with Gasteiger partial charge in [0.05, 0.1) is 17.3 Å². The van der Waals surface area contributed by atoms with Crippen molar-refractivity contribution in [1.29, 1.82) is 0 Å². The van der Waals surface area contributed by atoms with Crippen LogP contribution in [0.25, 0.3) is 5.69 Å². The topological polar surface area (TPSA) is 120 Å². The number of carbonyl (C=O) groups is 2. The molecule has 0 bridgehead atoms. The van der Waals surface area contributed by atoms with Crippen LogP contribution in [-0.4, -0.2) is 53.7 Å². The Morgan fingerprint density at radius 1 is 1.11 bits per heavy atom. The Balaban J connectivity index is 1.32. The Morgan fingerprint density at radius 3 is 2.43 bits per heavy atom. The summed E-state index contributed by atoms with van der Waals surface area (Å²) in [6, 6.07) is 12.3. The summed E-state index contributed by atoms with van der Waals surface area (Å²) >= 11 is 1.15. The van der Waals surface area contributed by atoms with Crippen molar-refractivity contribution in [3.05, 3.63) is 63.9 Å². The number of nitrogens with one attached hydrogen (secondary N) is 1. The van der Waals surface area contributed by atoms with Gasteiger partial charge in [0.2, 0.25) is 0 Å². The zero-order valence-electron chi connectivity index (χ0n) is 19.3. The van der Waals surface area contributed by atoms with Crippen molar-refractivity contribution in [2.45, 2.75) is 24.0 Å². The van der Waals surface area contributed by atoms with E-state index in [1.54, 1.807) is 48.3 Å². The van der Waals surface area contributed by atoms with Crippen molar-refractivity contribution in [2.24, 2.45) is 13.0 Å². The van der Waals surface area contributed by atoms with Crippen LogP contribution in [0.5, 0.6) is 0 Å². The summed E-state index contributed by atoms with van der Waals surface area (Å²) in [4.78, 5) is 37.8. The van der Waals surface area contributed by atoms with Gasteiger partial charge in [0.25, 0.3) is 21.5 Å². The van der Waals surface area contributed by atoms with Crippen molar-refractivity contribution in [3.8, 4) is 5.69 Å². The molecule has 12 heteroatoms. The Bertz CT molecular complexity index is 1370. The van der Waals surface area contributed by atoms with Gasteiger partial charge in [0.15, 0.2) is 6.61 Å². The largest absolute Gasteiger partial charge is 0.455 e. The number of ether oxygens (including phenoxy) is 1. The molecule has 0 radical (unpaired) electrons. The third kappa shape index (κ3) is 5.09. The van der Waals surface area contributed by atoms with E-state index in [0.29, 0.717) is 24.2 Å². The van der Waals surface area contributed by atoms with Gasteiger partial charge in [0, 0.05) is 20.1 Å². The Labute approximate surface area is 206 Å². The molecule has 3 aromatic rings. The van der Waals surface area contributed by atoms with Crippen molar-refractivity contribution < 1.29 is 22.7 Å². The van der Waals surface area contributed by atoms with E-state index in [-0.39, 0.29) is 23.0 Å². The third-order valence-electron chi connectivity index (χ3n) is 6.04. The third-order valence-corrected chi connectivity index (χ3v) is 9.31. The van der Waals surface area contributed by atoms with Crippen LogP contribution >= 0.6 is 11.3 Å². The molecule has 0 spiro atoms. The maximum absolute atomic E-state index is 12.9. The molecule has 1 saturated heterocycles. The predicted molar refractivity (Wildman–Crippen MR) is 131 cm³/mol. The lowest BCUT2D eigenvalue weighted by atomic mass is 9.98. The van der Waals surface area contributed by atoms with Gasteiger partial charge in [-0.3, -0.25) is 19.1 Å². The molecular formula is C23H26N4O6S2. The smallest absolute Gasteiger partial charge is 0.309 e. The summed E-state index contributed by atoms with van der Waals surface area (Å²) in [7, 11) is -1.84. The minimum atomic E-state index is -3.56. The maximum atomic E-state index is 12.9. The van der Waals surface area contributed by atoms with Gasteiger partial charge in [-0.1, -0.05) is 24.3 Å². The fourth-order valence-electron chi connectivity index (χ4n) is 4.01. The van der Waals surface area contributed by atoms with Crippen molar-refractivity contribution in [3.63, 3.8) is 0 Å². The molecule has 2 aromatic heterocycles. The van der Waals surface area contributed by atoms with Gasteiger partial charge in [-0.05, 0) is 43.3 Å². The minimum absolute atomic E-state index is 0.115. The van der Waals surface area contributed by atoms with Crippen LogP contribution in [0.1, 0.15) is 18.5 Å². The molecule has 1 aliphatic heterocycles. The number of aromatic nitrogens is 2. The first-order valence-electron chi connectivity index (χ1n) is 11.0. The van der Waals surface area contributed by atoms with Crippen LogP contribution in [0.4, 0.5) is 5.69 Å². The number of hydrogen-bond donors (Lipinski definition) is 1. The van der Waals surface area contributed by atoms with Crippen LogP contribution in [0.15, 0.2) is 56.8 Å². The normalized spacial score (nSPS) is 15.1. The number of amides is 1. The molecule has 1 N–H and O–H groups in total. The van der Waals surface area contributed by atoms with E-state index in [1.807, 2.05) is 18.2 Å². The van der Waals surface area contributed by atoms with E-state index in [0.717, 1.165) is 11.3 Å². The van der Waals surface area contributed by atoms with Crippen LogP contribution in [-0.2, 0) is 31.4 Å². The highest BCUT2D eigenvalue weighted by atomic mass is 32.2. The van der Waals surface area contributed by atoms with Crippen molar-refractivity contribution in [1.82, 2.24) is 13.7 Å². The fraction of sp³-hybridized carbons (Fsp3) is 0.348. The average molecular weight is 519 g/mol. The first kappa shape index (κ1) is 24.9. The molecule has 3 heterocycles. The molecule has 186 valence electrons. The Kier molecular flexibility index (Phi) is 7.24. The molecule has 35 heavy (non-hydrogen) atoms. The number of rotatable bonds is 7. The maximum Gasteiger partial charge on any atom is 0.309 e. The van der Waals surface area contributed by atoms with E-state index < -0.39 is 40.0 Å². The van der Waals surface area contributed by atoms with E-state index in [2.05, 4.69) is 5.32 Å². The number of nitrogens with zero attached hydrogens (tertiary/aromatic N) is 3. The number of carbonyl (C=O) groups excluding carboxylic acids is 2. The highest BCUT2D eigenvalue weighted by Gasteiger charge is 2.33. The van der Waals surface area contributed by atoms with E-state index in [9.17, 15) is 22.8 Å². The molecular weight excluding hydrogens is 492 g/mol. The second kappa shape index (κ2) is 10.2. The second-order valence-electron chi connectivity index (χ2n) is 8.20. The molecule has 1 amide bonds. The molecule has 1 aliphatic rings. The lowest BCUT2D eigenvalue weighted by molar-refractivity contribution is -0.152. The van der Waals surface area contributed by atoms with Gasteiger partial charge in [-0.15, -0.1) is 11.3 Å². The zero-order valence-corrected chi connectivity index (χ0v) is 21.0. The van der Waals surface area contributed by atoms with Crippen LogP contribution in [0, 0.1) is 12.8 Å². The number of esters is 1. The standard InChI is InChI=1S/C23H26N4O6S2/c1-16-21(22(29)27(25(16)2)18-7-4-3-5-8-18)24-19(28)15-33-23(30)17-10-12-26(13-11-17)35(31,32)20-9-6-14-34-20/h3-9,14,17H,10-13,15H2,1-2H3,(H,24,28). The number of thiophene rings is 1. The number of anilines is 1. The zero-order chi connectivity index (χ0) is 25.2. The molecule has 4 rings (SSSR count). The lowest BCUT2D eigenvalue weighted by Crippen LogP contribution is -2.40. The molecule has 0 atom stereocenters. The highest BCUT2D eigenvalue weighted by molar-refractivity contribution is 7.91. The minimum Gasteiger partial charge on any atom is -0.455 e. The summed E-state index contributed by atoms with van der Waals surface area (Å²) in [5.41, 5.74) is 0.931. The fourth-order valence-corrected chi connectivity index (χ4v) is 6.63. The summed E-state index contributed by atoms with van der Waals surface area (Å²) in [6.45, 7) is 1.58. The lowest BCUT2D eigenvalue weighted by Gasteiger charge is -2.29. The first-order valence-corrected chi connectivity index (χ1v) is 13.4. The van der Waals surface area contributed by atoms with Gasteiger partial charge in [-0.2, -0.15) is 4.31 Å². The molecule has 1 aromatic carbocycles. The number of piperidine rings is 1. The van der Waals surface area contributed by atoms with Crippen LogP contribution in [0.2, 0.25) is 0 Å². The quantitative estimate of drug-likeness (QED) is 0.479. The van der Waals surface area contributed by atoms with Crippen LogP contribution < -0.4 is 10.9 Å². The Morgan fingerprint density at radius 2 is 1.80 bits per heavy atom. The highest BCUT2D eigenvalue weighted by Crippen LogP contribution is 2.26. The van der Waals surface area contributed by atoms with E-state index in [1.165, 1.54) is 8.99 Å². The van der Waals surface area contributed by atoms with Crippen molar-refractivity contribution >= 4 is 38.9 Å². The second-order valence-corrected chi connectivity index (χ2v) is 11.3. The molecule has 1 fully saturated rings. The summed E-state index contributed by atoms with van der Waals surface area (Å²) in [6.07, 6.45) is 0.620. The van der Waals surface area contributed by atoms with Gasteiger partial charge < -0.3 is 10.1 Å². The Hall–Kier alpha value is -3.22. The molecule has 0 unspecified atom stereocenters. The van der Waals surface area contributed by atoms with Gasteiger partial charge in [0.1, 0.15) is 9.90 Å². The monoisotopic (exact) mass is 518 g/mol. The predicted octanol–water partition coefficient (Wildman–Crippen LogP) is 2.13. The number of benzene rings is 1. The SMILES string of the molecule is Cc1c(NC(=O)COC(=O)C2CCN(S(=O)(=O)c3cccs3)CC2)c(=O)n(-c2ccccc2)n1C. The molecule has 0 saturated carbocycles. The number of para-hydroxylation sites is 1. The first-order chi connectivity index (χ1) is 16.7. The van der Waals surface area contributed by atoms with E-state index in [4.69, 9.17) is 4.74 Å². The molecule has 0 aliphatic carbocycles. The van der Waals surface area contributed by atoms with Gasteiger partial charge in [-0.25, -0.2) is 13.1 Å². The average Bonchev–Trinajstić information content (AvgIpc) is 3.48. The van der Waals surface area contributed by atoms with Crippen molar-refractivity contribution in [2.75, 3.05) is 25.0 Å². The van der Waals surface area contributed by atoms with E-state index >= 15 is 0 Å². The number of sulfonamides is 1. The summed E-state index contributed by atoms with van der Waals surface area (Å²) in [5.74, 6) is -1.67. The van der Waals surface area contributed by atoms with Crippen LogP contribution in [0.3, 0.4) is 0 Å². The number of hydrogen-bond acceptors (Lipinski definition) is 7.